The quantitative estimate of drug-likeness (QED) is 0.112. The summed E-state index contributed by atoms with van der Waals surface area (Å²) in [6.07, 6.45) is 11.7. The number of rotatable bonds is 8. The molecule has 1 aliphatic rings. The molecule has 1 aliphatic carbocycles. The second-order valence-electron chi connectivity index (χ2n) is 16.8. The van der Waals surface area contributed by atoms with Crippen LogP contribution in [-0.4, -0.2) is 28.2 Å². The van der Waals surface area contributed by atoms with Gasteiger partial charge in [-0.3, -0.25) is 0 Å². The van der Waals surface area contributed by atoms with Crippen LogP contribution in [0.3, 0.4) is 0 Å². The second-order valence-corrected chi connectivity index (χ2v) is 27.3. The molecule has 3 aromatic carbocycles. The van der Waals surface area contributed by atoms with Gasteiger partial charge in [0.2, 0.25) is 5.71 Å². The molecular formula is C49H53GeIrN3O-2. The number of aromatic nitrogens is 3. The van der Waals surface area contributed by atoms with Crippen molar-refractivity contribution in [3.63, 3.8) is 0 Å². The molecule has 8 rings (SSSR count). The van der Waals surface area contributed by atoms with Crippen molar-refractivity contribution in [2.24, 2.45) is 11.8 Å². The SMILES string of the molecule is CC(C)Cc1cc(-c2[c-]cccc2)nc[c]1[Ge]([CH3])([CH3])[CH3].Cc1cc(C)c(-c2ccc3c(n2)oc2c(-c4cc(CC5CCCC5)ccn4)[c-]ccc23)c(C)c1.[Ir]. The van der Waals surface area contributed by atoms with Gasteiger partial charge in [0.25, 0.3) is 0 Å². The largest absolute Gasteiger partial charge is 0.486 e. The standard InChI is InChI=1S/C31H29N2O.C18H24GeN.Ir/c1-19-15-20(2)29(21(3)16-19)27-12-11-25-24-9-6-10-26(30(24)34-31(25)33-27)28-18-23(13-14-32-28)17-22-7-4-5-8-22;1-14(2)11-16-12-18(15-9-7-6-8-10-15)20-13-17(16)19(3,4)5;/h6,9,11-16,18,22H,4-5,7-8,17H2,1-3H3;6-9,12-14H,11H2,1-5H3;/q2*-1;. The van der Waals surface area contributed by atoms with E-state index < -0.39 is 13.3 Å². The number of fused-ring (bicyclic) bond motifs is 3. The Kier molecular flexibility index (Phi) is 13.0. The zero-order chi connectivity index (χ0) is 38.0. The number of pyridine rings is 3. The maximum Gasteiger partial charge on any atom is 0.216 e. The molecule has 1 saturated carbocycles. The van der Waals surface area contributed by atoms with Crippen LogP contribution in [0.5, 0.6) is 0 Å². The van der Waals surface area contributed by atoms with Crippen LogP contribution in [0.25, 0.3) is 55.8 Å². The average molecular weight is 965 g/mol. The normalized spacial score (nSPS) is 13.3. The fourth-order valence-corrected chi connectivity index (χ4v) is 11.6. The smallest absolute Gasteiger partial charge is 0.216 e. The minimum atomic E-state index is -1.86. The van der Waals surface area contributed by atoms with E-state index in [2.05, 4.69) is 130 Å². The predicted molar refractivity (Wildman–Crippen MR) is 229 cm³/mol. The Labute approximate surface area is 344 Å². The van der Waals surface area contributed by atoms with E-state index >= 15 is 0 Å². The summed E-state index contributed by atoms with van der Waals surface area (Å²) in [6.45, 7) is 11.0. The molecule has 4 heterocycles. The number of hydrogen-bond donors (Lipinski definition) is 0. The summed E-state index contributed by atoms with van der Waals surface area (Å²) in [5, 5.41) is 2.08. The van der Waals surface area contributed by atoms with Crippen molar-refractivity contribution in [2.75, 3.05) is 0 Å². The minimum absolute atomic E-state index is 0. The van der Waals surface area contributed by atoms with Crippen molar-refractivity contribution >= 4 is 39.7 Å². The van der Waals surface area contributed by atoms with Crippen LogP contribution in [-0.2, 0) is 32.9 Å². The molecule has 1 radical (unpaired) electrons. The Morgan fingerprint density at radius 1 is 0.800 bits per heavy atom. The number of aryl methyl sites for hydroxylation is 3. The number of benzene rings is 3. The summed E-state index contributed by atoms with van der Waals surface area (Å²) in [4.78, 5) is 14.3. The Bertz CT molecular complexity index is 2380. The van der Waals surface area contributed by atoms with Crippen LogP contribution >= 0.6 is 0 Å². The van der Waals surface area contributed by atoms with Gasteiger partial charge in [-0.05, 0) is 68.1 Å². The fraction of sp³-hybridized carbons (Fsp3) is 0.327. The van der Waals surface area contributed by atoms with Crippen LogP contribution in [0.2, 0.25) is 17.3 Å². The summed E-state index contributed by atoms with van der Waals surface area (Å²) in [5.74, 6) is 8.80. The van der Waals surface area contributed by atoms with Crippen molar-refractivity contribution in [1.82, 2.24) is 15.0 Å². The van der Waals surface area contributed by atoms with Gasteiger partial charge in [0.1, 0.15) is 0 Å². The van der Waals surface area contributed by atoms with Crippen molar-refractivity contribution < 1.29 is 24.5 Å². The Morgan fingerprint density at radius 2 is 1.56 bits per heavy atom. The topological polar surface area (TPSA) is 51.8 Å². The van der Waals surface area contributed by atoms with E-state index in [1.807, 2.05) is 30.5 Å². The Balaban J connectivity index is 0.000000211. The molecular weight excluding hydrogens is 911 g/mol. The molecule has 0 unspecified atom stereocenters. The summed E-state index contributed by atoms with van der Waals surface area (Å²) < 4.78 is 7.93. The maximum absolute atomic E-state index is 6.39. The number of furan rings is 1. The van der Waals surface area contributed by atoms with E-state index in [0.29, 0.717) is 11.6 Å². The van der Waals surface area contributed by atoms with Crippen LogP contribution in [0.1, 0.15) is 67.3 Å². The predicted octanol–water partition coefficient (Wildman–Crippen LogP) is 12.5. The first kappa shape index (κ1) is 40.8. The first-order chi connectivity index (χ1) is 25.9. The fourth-order valence-electron chi connectivity index (χ4n) is 8.30. The van der Waals surface area contributed by atoms with E-state index in [9.17, 15) is 0 Å². The molecule has 0 atom stereocenters. The average Bonchev–Trinajstić information content (AvgIpc) is 3.79. The molecule has 4 nitrogen and oxygen atoms in total. The molecule has 6 heteroatoms. The van der Waals surface area contributed by atoms with Crippen LogP contribution in [0, 0.1) is 44.7 Å². The van der Waals surface area contributed by atoms with Gasteiger partial charge in [-0.25, -0.2) is 4.98 Å². The molecule has 0 spiro atoms. The monoisotopic (exact) mass is 966 g/mol. The van der Waals surface area contributed by atoms with Crippen LogP contribution < -0.4 is 4.40 Å². The van der Waals surface area contributed by atoms with Crippen molar-refractivity contribution in [3.8, 4) is 33.8 Å². The molecule has 0 N–H and O–H groups in total. The van der Waals surface area contributed by atoms with Gasteiger partial charge in [0.05, 0.1) is 11.3 Å². The van der Waals surface area contributed by atoms with E-state index in [1.54, 1.807) is 4.40 Å². The van der Waals surface area contributed by atoms with Crippen LogP contribution in [0.4, 0.5) is 0 Å². The molecule has 285 valence electrons. The van der Waals surface area contributed by atoms with E-state index in [4.69, 9.17) is 14.4 Å². The molecule has 0 aliphatic heterocycles. The summed E-state index contributed by atoms with van der Waals surface area (Å²) in [6, 6.07) is 34.1. The van der Waals surface area contributed by atoms with Gasteiger partial charge in [-0.1, -0.05) is 66.0 Å². The molecule has 4 aromatic heterocycles. The molecule has 0 saturated heterocycles. The summed E-state index contributed by atoms with van der Waals surface area (Å²) >= 11 is -1.86. The molecule has 0 bridgehead atoms. The Morgan fingerprint density at radius 3 is 2.25 bits per heavy atom. The summed E-state index contributed by atoms with van der Waals surface area (Å²) in [5.41, 5.74) is 14.2. The molecule has 55 heavy (non-hydrogen) atoms. The van der Waals surface area contributed by atoms with Gasteiger partial charge in [-0.2, -0.15) is 0 Å². The van der Waals surface area contributed by atoms with E-state index in [-0.39, 0.29) is 20.1 Å². The minimum Gasteiger partial charge on any atom is -0.486 e. The van der Waals surface area contributed by atoms with Crippen molar-refractivity contribution in [3.05, 3.63) is 131 Å². The third-order valence-electron chi connectivity index (χ3n) is 10.7. The van der Waals surface area contributed by atoms with Gasteiger partial charge < -0.3 is 9.40 Å². The molecule has 7 aromatic rings. The second kappa shape index (κ2) is 17.5. The maximum atomic E-state index is 6.39. The van der Waals surface area contributed by atoms with Gasteiger partial charge in [0, 0.05) is 37.3 Å². The zero-order valence-electron chi connectivity index (χ0n) is 33.6. The molecule has 0 amide bonds. The van der Waals surface area contributed by atoms with Gasteiger partial charge in [0.15, 0.2) is 0 Å². The van der Waals surface area contributed by atoms with E-state index in [1.165, 1.54) is 59.1 Å². The Hall–Kier alpha value is -3.90. The molecule has 1 fully saturated rings. The van der Waals surface area contributed by atoms with Gasteiger partial charge >= 0.3 is 126 Å². The first-order valence-corrected chi connectivity index (χ1v) is 27.0. The first-order valence-electron chi connectivity index (χ1n) is 19.7. The number of nitrogens with zero attached hydrogens (tertiary/aromatic N) is 3. The van der Waals surface area contributed by atoms with Crippen molar-refractivity contribution in [2.45, 2.75) is 90.4 Å². The van der Waals surface area contributed by atoms with Crippen molar-refractivity contribution in [1.29, 1.82) is 0 Å². The zero-order valence-corrected chi connectivity index (χ0v) is 38.1. The number of hydrogen-bond acceptors (Lipinski definition) is 4. The third kappa shape index (κ3) is 9.39. The van der Waals surface area contributed by atoms with Gasteiger partial charge in [-0.15, -0.1) is 18.2 Å². The summed E-state index contributed by atoms with van der Waals surface area (Å²) in [7, 11) is 0. The van der Waals surface area contributed by atoms with Crippen LogP contribution in [0.15, 0.2) is 95.7 Å². The van der Waals surface area contributed by atoms with E-state index in [0.717, 1.165) is 63.3 Å². The third-order valence-corrected chi connectivity index (χ3v) is 15.1.